The number of nitrogens with zero attached hydrogens (tertiary/aromatic N) is 6. The smallest absolute Gasteiger partial charge is 0.149 e. The van der Waals surface area contributed by atoms with Crippen LogP contribution in [0.3, 0.4) is 0 Å². The normalized spacial score (nSPS) is 10.4. The van der Waals surface area contributed by atoms with Gasteiger partial charge in [0.15, 0.2) is 0 Å². The molecule has 0 radical (unpaired) electrons. The topological polar surface area (TPSA) is 58.0 Å². The van der Waals surface area contributed by atoms with Gasteiger partial charge in [-0.3, -0.25) is 15.0 Å². The largest absolute Gasteiger partial charge is 0.352 e. The second-order valence-electron chi connectivity index (χ2n) is 5.59. The first kappa shape index (κ1) is 15.9. The van der Waals surface area contributed by atoms with Crippen molar-refractivity contribution in [1.82, 2.24) is 19.9 Å². The third kappa shape index (κ3) is 4.04. The molecule has 0 N–H and O–H groups in total. The van der Waals surface area contributed by atoms with Crippen LogP contribution in [0.25, 0.3) is 0 Å². The summed E-state index contributed by atoms with van der Waals surface area (Å²) in [6.45, 7) is 1.37. The van der Waals surface area contributed by atoms with Crippen LogP contribution in [0, 0.1) is 0 Å². The van der Waals surface area contributed by atoms with Gasteiger partial charge < -0.3 is 9.80 Å². The summed E-state index contributed by atoms with van der Waals surface area (Å²) in [5, 5.41) is 0. The Morgan fingerprint density at radius 3 is 1.67 bits per heavy atom. The van der Waals surface area contributed by atoms with Gasteiger partial charge in [0.2, 0.25) is 0 Å². The van der Waals surface area contributed by atoms with Crippen molar-refractivity contribution in [2.45, 2.75) is 13.1 Å². The number of pyridine rings is 2. The van der Waals surface area contributed by atoms with Crippen LogP contribution in [0.15, 0.2) is 61.2 Å². The fourth-order valence-electron chi connectivity index (χ4n) is 2.34. The predicted octanol–water partition coefficient (Wildman–Crippen LogP) is 2.54. The number of hydrogen-bond acceptors (Lipinski definition) is 6. The molecule has 6 nitrogen and oxygen atoms in total. The van der Waals surface area contributed by atoms with Crippen molar-refractivity contribution in [3.63, 3.8) is 0 Å². The lowest BCUT2D eigenvalue weighted by molar-refractivity contribution is 0.831. The Kier molecular flexibility index (Phi) is 4.96. The van der Waals surface area contributed by atoms with Crippen LogP contribution in [0.5, 0.6) is 0 Å². The van der Waals surface area contributed by atoms with Gasteiger partial charge in [0, 0.05) is 26.5 Å². The van der Waals surface area contributed by atoms with Gasteiger partial charge in [-0.2, -0.15) is 0 Å². The van der Waals surface area contributed by atoms with Crippen molar-refractivity contribution >= 4 is 11.6 Å². The Morgan fingerprint density at radius 1 is 0.750 bits per heavy atom. The van der Waals surface area contributed by atoms with Crippen molar-refractivity contribution in [2.75, 3.05) is 23.9 Å². The predicted molar refractivity (Wildman–Crippen MR) is 94.7 cm³/mol. The van der Waals surface area contributed by atoms with E-state index in [4.69, 9.17) is 4.98 Å². The van der Waals surface area contributed by atoms with Crippen molar-refractivity contribution in [1.29, 1.82) is 0 Å². The van der Waals surface area contributed by atoms with Crippen LogP contribution < -0.4 is 9.80 Å². The molecule has 3 aromatic rings. The van der Waals surface area contributed by atoms with Crippen LogP contribution in [0.1, 0.15) is 11.4 Å². The molecule has 3 heterocycles. The minimum Gasteiger partial charge on any atom is -0.352 e. The van der Waals surface area contributed by atoms with E-state index in [0.29, 0.717) is 13.1 Å². The Bertz CT molecular complexity index is 700. The summed E-state index contributed by atoms with van der Waals surface area (Å²) in [6, 6.07) is 11.8. The molecule has 0 aromatic carbocycles. The Hall–Kier alpha value is -3.02. The standard InChI is InChI=1S/C18H20N6/c1-23(13-15-7-3-5-9-20-15)17-11-19-12-18(22-17)24(2)14-16-8-4-6-10-21-16/h3-12H,13-14H2,1-2H3. The first-order chi connectivity index (χ1) is 11.7. The minimum absolute atomic E-state index is 0.683. The molecular weight excluding hydrogens is 300 g/mol. The molecule has 0 aliphatic carbocycles. The summed E-state index contributed by atoms with van der Waals surface area (Å²) in [7, 11) is 3.97. The summed E-state index contributed by atoms with van der Waals surface area (Å²) in [5.74, 6) is 1.62. The lowest BCUT2D eigenvalue weighted by atomic mass is 10.3. The van der Waals surface area contributed by atoms with E-state index in [2.05, 4.69) is 15.0 Å². The maximum Gasteiger partial charge on any atom is 0.149 e. The summed E-state index contributed by atoms with van der Waals surface area (Å²) in [6.07, 6.45) is 7.12. The van der Waals surface area contributed by atoms with Gasteiger partial charge in [-0.05, 0) is 24.3 Å². The van der Waals surface area contributed by atoms with E-state index in [0.717, 1.165) is 23.0 Å². The van der Waals surface area contributed by atoms with Gasteiger partial charge in [-0.1, -0.05) is 12.1 Å². The van der Waals surface area contributed by atoms with Crippen molar-refractivity contribution in [3.8, 4) is 0 Å². The van der Waals surface area contributed by atoms with E-state index in [9.17, 15) is 0 Å². The molecule has 24 heavy (non-hydrogen) atoms. The minimum atomic E-state index is 0.683. The van der Waals surface area contributed by atoms with Gasteiger partial charge in [-0.15, -0.1) is 0 Å². The lowest BCUT2D eigenvalue weighted by Gasteiger charge is -2.21. The van der Waals surface area contributed by atoms with Gasteiger partial charge in [0.25, 0.3) is 0 Å². The van der Waals surface area contributed by atoms with Crippen LogP contribution >= 0.6 is 0 Å². The van der Waals surface area contributed by atoms with E-state index in [1.807, 2.05) is 60.3 Å². The highest BCUT2D eigenvalue weighted by molar-refractivity contribution is 5.45. The average Bonchev–Trinajstić information content (AvgIpc) is 2.63. The molecule has 0 bridgehead atoms. The molecule has 6 heteroatoms. The average molecular weight is 320 g/mol. The quantitative estimate of drug-likeness (QED) is 0.696. The molecule has 0 aliphatic heterocycles. The summed E-state index contributed by atoms with van der Waals surface area (Å²) in [5.41, 5.74) is 1.99. The molecule has 0 saturated carbocycles. The van der Waals surface area contributed by atoms with Crippen LogP contribution in [-0.4, -0.2) is 34.0 Å². The van der Waals surface area contributed by atoms with E-state index < -0.39 is 0 Å². The Labute approximate surface area is 141 Å². The molecule has 3 rings (SSSR count). The van der Waals surface area contributed by atoms with Gasteiger partial charge in [0.05, 0.1) is 36.9 Å². The zero-order chi connectivity index (χ0) is 16.8. The number of anilines is 2. The molecule has 3 aromatic heterocycles. The number of hydrogen-bond donors (Lipinski definition) is 0. The molecule has 122 valence electrons. The zero-order valence-electron chi connectivity index (χ0n) is 13.9. The summed E-state index contributed by atoms with van der Waals surface area (Å²) < 4.78 is 0. The molecule has 0 aliphatic rings. The number of rotatable bonds is 6. The van der Waals surface area contributed by atoms with Gasteiger partial charge in [0.1, 0.15) is 11.6 Å². The molecule has 0 amide bonds. The van der Waals surface area contributed by atoms with Gasteiger partial charge >= 0.3 is 0 Å². The molecule has 0 unspecified atom stereocenters. The van der Waals surface area contributed by atoms with E-state index in [1.54, 1.807) is 24.8 Å². The summed E-state index contributed by atoms with van der Waals surface area (Å²) >= 11 is 0. The van der Waals surface area contributed by atoms with Crippen LogP contribution in [0.4, 0.5) is 11.6 Å². The van der Waals surface area contributed by atoms with E-state index >= 15 is 0 Å². The molecule has 0 saturated heterocycles. The van der Waals surface area contributed by atoms with Crippen molar-refractivity contribution in [2.24, 2.45) is 0 Å². The molecular formula is C18H20N6. The van der Waals surface area contributed by atoms with Crippen LogP contribution in [0.2, 0.25) is 0 Å². The summed E-state index contributed by atoms with van der Waals surface area (Å²) in [4.78, 5) is 21.8. The SMILES string of the molecule is CN(Cc1ccccn1)c1cncc(N(C)Cc2ccccn2)n1. The van der Waals surface area contributed by atoms with Gasteiger partial charge in [-0.25, -0.2) is 4.98 Å². The first-order valence-corrected chi connectivity index (χ1v) is 7.76. The van der Waals surface area contributed by atoms with Crippen molar-refractivity contribution < 1.29 is 0 Å². The van der Waals surface area contributed by atoms with Crippen molar-refractivity contribution in [3.05, 3.63) is 72.6 Å². The Morgan fingerprint density at radius 2 is 1.25 bits per heavy atom. The Balaban J connectivity index is 1.71. The number of aromatic nitrogens is 4. The second kappa shape index (κ2) is 7.50. The lowest BCUT2D eigenvalue weighted by Crippen LogP contribution is -2.22. The monoisotopic (exact) mass is 320 g/mol. The van der Waals surface area contributed by atoms with Crippen LogP contribution in [-0.2, 0) is 13.1 Å². The highest BCUT2D eigenvalue weighted by Crippen LogP contribution is 2.16. The maximum atomic E-state index is 4.70. The molecule has 0 spiro atoms. The highest BCUT2D eigenvalue weighted by Gasteiger charge is 2.09. The fourth-order valence-corrected chi connectivity index (χ4v) is 2.34. The van der Waals surface area contributed by atoms with E-state index in [-0.39, 0.29) is 0 Å². The van der Waals surface area contributed by atoms with E-state index in [1.165, 1.54) is 0 Å². The first-order valence-electron chi connectivity index (χ1n) is 7.76. The zero-order valence-corrected chi connectivity index (χ0v) is 13.9. The highest BCUT2D eigenvalue weighted by atomic mass is 15.2. The fraction of sp³-hybridized carbons (Fsp3) is 0.222. The third-order valence-electron chi connectivity index (χ3n) is 3.64. The third-order valence-corrected chi connectivity index (χ3v) is 3.64. The molecule has 0 fully saturated rings. The maximum absolute atomic E-state index is 4.70. The molecule has 0 atom stereocenters. The second-order valence-corrected chi connectivity index (χ2v) is 5.59.